The van der Waals surface area contributed by atoms with Crippen LogP contribution in [0.15, 0.2) is 4.52 Å². The second-order valence-corrected chi connectivity index (χ2v) is 7.15. The van der Waals surface area contributed by atoms with Gasteiger partial charge in [0, 0.05) is 32.3 Å². The Morgan fingerprint density at radius 2 is 1.96 bits per heavy atom. The SMILES string of the molecule is COCCN1CCC[C@]12CCCN(C(=O)c1c(C)noc1C)CC2. The van der Waals surface area contributed by atoms with Gasteiger partial charge in [-0.1, -0.05) is 5.16 Å². The van der Waals surface area contributed by atoms with Crippen LogP contribution in [0.25, 0.3) is 0 Å². The van der Waals surface area contributed by atoms with E-state index in [-0.39, 0.29) is 11.4 Å². The Hall–Kier alpha value is -1.40. The lowest BCUT2D eigenvalue weighted by molar-refractivity contribution is 0.0695. The molecule has 1 atom stereocenters. The third-order valence-corrected chi connectivity index (χ3v) is 5.76. The quantitative estimate of drug-likeness (QED) is 0.845. The van der Waals surface area contributed by atoms with Gasteiger partial charge in [-0.15, -0.1) is 0 Å². The zero-order chi connectivity index (χ0) is 17.2. The van der Waals surface area contributed by atoms with Crippen molar-refractivity contribution in [2.75, 3.05) is 39.9 Å². The monoisotopic (exact) mass is 335 g/mol. The highest BCUT2D eigenvalue weighted by Crippen LogP contribution is 2.38. The van der Waals surface area contributed by atoms with Crippen molar-refractivity contribution in [1.82, 2.24) is 15.0 Å². The van der Waals surface area contributed by atoms with Crippen LogP contribution in [0.3, 0.4) is 0 Å². The number of rotatable bonds is 4. The van der Waals surface area contributed by atoms with E-state index in [2.05, 4.69) is 10.1 Å². The summed E-state index contributed by atoms with van der Waals surface area (Å²) in [5, 5.41) is 3.93. The molecule has 0 aromatic carbocycles. The van der Waals surface area contributed by atoms with E-state index in [1.807, 2.05) is 18.7 Å². The first-order valence-corrected chi connectivity index (χ1v) is 9.03. The minimum atomic E-state index is 0.0738. The molecule has 6 heteroatoms. The molecule has 0 aliphatic carbocycles. The number of carbonyl (C=O) groups is 1. The predicted octanol–water partition coefficient (Wildman–Crippen LogP) is 2.40. The molecule has 1 aromatic rings. The molecular weight excluding hydrogens is 306 g/mol. The summed E-state index contributed by atoms with van der Waals surface area (Å²) in [5.41, 5.74) is 1.60. The molecule has 0 bridgehead atoms. The van der Waals surface area contributed by atoms with Gasteiger partial charge in [0.05, 0.1) is 12.3 Å². The van der Waals surface area contributed by atoms with E-state index in [1.54, 1.807) is 7.11 Å². The van der Waals surface area contributed by atoms with E-state index in [0.717, 1.165) is 45.6 Å². The molecule has 2 saturated heterocycles. The van der Waals surface area contributed by atoms with Crippen molar-refractivity contribution in [1.29, 1.82) is 0 Å². The maximum absolute atomic E-state index is 12.9. The standard InChI is InChI=1S/C18H29N3O3/c1-14-16(15(2)24-19-14)17(22)20-9-4-6-18(8-11-20)7-5-10-21(18)12-13-23-3/h4-13H2,1-3H3/t18-/m0/s1. The first kappa shape index (κ1) is 17.4. The van der Waals surface area contributed by atoms with Gasteiger partial charge in [-0.2, -0.15) is 0 Å². The van der Waals surface area contributed by atoms with Crippen molar-refractivity contribution in [2.24, 2.45) is 0 Å². The van der Waals surface area contributed by atoms with Crippen molar-refractivity contribution >= 4 is 5.91 Å². The predicted molar refractivity (Wildman–Crippen MR) is 91.1 cm³/mol. The average molecular weight is 335 g/mol. The number of hydrogen-bond donors (Lipinski definition) is 0. The normalized spacial score (nSPS) is 25.4. The molecule has 2 aliphatic heterocycles. The van der Waals surface area contributed by atoms with Crippen LogP contribution in [-0.4, -0.2) is 66.3 Å². The highest BCUT2D eigenvalue weighted by Gasteiger charge is 2.42. The van der Waals surface area contributed by atoms with Gasteiger partial charge in [0.2, 0.25) is 0 Å². The molecule has 3 rings (SSSR count). The van der Waals surface area contributed by atoms with E-state index in [1.165, 1.54) is 19.3 Å². The summed E-state index contributed by atoms with van der Waals surface area (Å²) in [6.45, 7) is 8.22. The number of ether oxygens (including phenoxy) is 1. The van der Waals surface area contributed by atoms with Crippen molar-refractivity contribution < 1.29 is 14.1 Å². The Kier molecular flexibility index (Phi) is 5.25. The zero-order valence-electron chi connectivity index (χ0n) is 15.1. The number of aromatic nitrogens is 1. The van der Waals surface area contributed by atoms with Crippen LogP contribution in [0, 0.1) is 13.8 Å². The first-order valence-electron chi connectivity index (χ1n) is 9.03. The molecule has 0 saturated carbocycles. The van der Waals surface area contributed by atoms with Gasteiger partial charge in [-0.25, -0.2) is 0 Å². The van der Waals surface area contributed by atoms with Gasteiger partial charge in [-0.05, 0) is 52.5 Å². The van der Waals surface area contributed by atoms with Gasteiger partial charge in [0.15, 0.2) is 0 Å². The Balaban J connectivity index is 1.70. The lowest BCUT2D eigenvalue weighted by Gasteiger charge is -2.38. The Labute approximate surface area is 144 Å². The van der Waals surface area contributed by atoms with Crippen molar-refractivity contribution in [3.63, 3.8) is 0 Å². The molecule has 134 valence electrons. The molecular formula is C18H29N3O3. The van der Waals surface area contributed by atoms with Gasteiger partial charge >= 0.3 is 0 Å². The largest absolute Gasteiger partial charge is 0.383 e. The van der Waals surface area contributed by atoms with Gasteiger partial charge < -0.3 is 14.2 Å². The molecule has 3 heterocycles. The average Bonchev–Trinajstić information content (AvgIpc) is 3.02. The molecule has 0 N–H and O–H groups in total. The zero-order valence-corrected chi connectivity index (χ0v) is 15.1. The first-order chi connectivity index (χ1) is 11.6. The van der Waals surface area contributed by atoms with Gasteiger partial charge in [-0.3, -0.25) is 9.69 Å². The number of nitrogens with zero attached hydrogens (tertiary/aromatic N) is 3. The second-order valence-electron chi connectivity index (χ2n) is 7.15. The highest BCUT2D eigenvalue weighted by molar-refractivity contribution is 5.96. The van der Waals surface area contributed by atoms with E-state index >= 15 is 0 Å². The number of hydrogen-bond acceptors (Lipinski definition) is 5. The highest BCUT2D eigenvalue weighted by atomic mass is 16.5. The molecule has 1 spiro atoms. The number of carbonyl (C=O) groups excluding carboxylic acids is 1. The minimum absolute atomic E-state index is 0.0738. The number of amides is 1. The van der Waals surface area contributed by atoms with Crippen LogP contribution in [0.1, 0.15) is 53.9 Å². The fourth-order valence-electron chi connectivity index (χ4n) is 4.44. The smallest absolute Gasteiger partial charge is 0.259 e. The van der Waals surface area contributed by atoms with Gasteiger partial charge in [0.1, 0.15) is 11.3 Å². The summed E-state index contributed by atoms with van der Waals surface area (Å²) < 4.78 is 10.5. The Morgan fingerprint density at radius 3 is 2.62 bits per heavy atom. The van der Waals surface area contributed by atoms with Crippen molar-refractivity contribution in [2.45, 2.75) is 51.5 Å². The number of aryl methyl sites for hydroxylation is 2. The van der Waals surface area contributed by atoms with Crippen LogP contribution in [0.5, 0.6) is 0 Å². The Morgan fingerprint density at radius 1 is 1.21 bits per heavy atom. The van der Waals surface area contributed by atoms with Crippen LogP contribution < -0.4 is 0 Å². The molecule has 0 radical (unpaired) electrons. The minimum Gasteiger partial charge on any atom is -0.383 e. The van der Waals surface area contributed by atoms with Crippen LogP contribution >= 0.6 is 0 Å². The second kappa shape index (κ2) is 7.23. The molecule has 2 fully saturated rings. The third-order valence-electron chi connectivity index (χ3n) is 5.76. The van der Waals surface area contributed by atoms with E-state index in [9.17, 15) is 4.79 Å². The van der Waals surface area contributed by atoms with Crippen molar-refractivity contribution in [3.8, 4) is 0 Å². The molecule has 24 heavy (non-hydrogen) atoms. The lowest BCUT2D eigenvalue weighted by atomic mass is 9.88. The summed E-state index contributed by atoms with van der Waals surface area (Å²) in [4.78, 5) is 17.5. The molecule has 1 amide bonds. The van der Waals surface area contributed by atoms with E-state index in [4.69, 9.17) is 9.26 Å². The van der Waals surface area contributed by atoms with E-state index < -0.39 is 0 Å². The summed E-state index contributed by atoms with van der Waals surface area (Å²) >= 11 is 0. The summed E-state index contributed by atoms with van der Waals surface area (Å²) in [7, 11) is 1.76. The fraction of sp³-hybridized carbons (Fsp3) is 0.778. The topological polar surface area (TPSA) is 58.8 Å². The maximum atomic E-state index is 12.9. The molecule has 2 aliphatic rings. The summed E-state index contributed by atoms with van der Waals surface area (Å²) in [5.74, 6) is 0.698. The van der Waals surface area contributed by atoms with Gasteiger partial charge in [0.25, 0.3) is 5.91 Å². The van der Waals surface area contributed by atoms with Crippen LogP contribution in [0.4, 0.5) is 0 Å². The molecule has 1 aromatic heterocycles. The summed E-state index contributed by atoms with van der Waals surface area (Å²) in [6.07, 6.45) is 5.76. The number of methoxy groups -OCH3 is 1. The molecule has 6 nitrogen and oxygen atoms in total. The van der Waals surface area contributed by atoms with Crippen LogP contribution in [0.2, 0.25) is 0 Å². The maximum Gasteiger partial charge on any atom is 0.259 e. The van der Waals surface area contributed by atoms with Crippen molar-refractivity contribution in [3.05, 3.63) is 17.0 Å². The number of likely N-dealkylation sites (tertiary alicyclic amines) is 2. The molecule has 0 unspecified atom stereocenters. The summed E-state index contributed by atoms with van der Waals surface area (Å²) in [6, 6.07) is 0. The Bertz CT molecular complexity index is 567. The van der Waals surface area contributed by atoms with Crippen LogP contribution in [-0.2, 0) is 4.74 Å². The van der Waals surface area contributed by atoms with E-state index in [0.29, 0.717) is 17.0 Å². The lowest BCUT2D eigenvalue weighted by Crippen LogP contribution is -2.46. The third kappa shape index (κ3) is 3.22. The fourth-order valence-corrected chi connectivity index (χ4v) is 4.44.